The molecule has 1 heterocycles. The maximum Gasteiger partial charge on any atom is 0.422 e. The first kappa shape index (κ1) is 12.0. The topological polar surface area (TPSA) is 47.6 Å². The number of aliphatic imine (C=N–C) groups is 1. The molecule has 0 spiro atoms. The van der Waals surface area contributed by atoms with Crippen molar-refractivity contribution in [1.82, 2.24) is 0 Å². The zero-order valence-electron chi connectivity index (χ0n) is 8.34. The van der Waals surface area contributed by atoms with Gasteiger partial charge in [-0.1, -0.05) is 0 Å². The summed E-state index contributed by atoms with van der Waals surface area (Å²) in [7, 11) is 0. The number of hydrogen-bond acceptors (Lipinski definition) is 3. The lowest BCUT2D eigenvalue weighted by molar-refractivity contribution is -0.165. The molecule has 1 rings (SSSR count). The van der Waals surface area contributed by atoms with E-state index in [0.717, 1.165) is 0 Å². The lowest BCUT2D eigenvalue weighted by atomic mass is 10.00. The van der Waals surface area contributed by atoms with Crippen LogP contribution in [0.5, 0.6) is 0 Å². The van der Waals surface area contributed by atoms with Crippen LogP contribution in [0.3, 0.4) is 0 Å². The van der Waals surface area contributed by atoms with Crippen molar-refractivity contribution in [2.24, 2.45) is 16.6 Å². The van der Waals surface area contributed by atoms with Gasteiger partial charge in [-0.05, 0) is 18.9 Å². The summed E-state index contributed by atoms with van der Waals surface area (Å²) in [5.74, 6) is 0.167. The predicted octanol–water partition coefficient (Wildman–Crippen LogP) is 1.85. The average molecular weight is 222 g/mol. The quantitative estimate of drug-likeness (QED) is 0.792. The fraction of sp³-hybridized carbons (Fsp3) is 0.667. The average Bonchev–Trinajstić information content (AvgIpc) is 2.14. The van der Waals surface area contributed by atoms with Crippen molar-refractivity contribution in [2.45, 2.75) is 19.5 Å². The Labute approximate surface area is 85.8 Å². The lowest BCUT2D eigenvalue weighted by Crippen LogP contribution is -2.21. The van der Waals surface area contributed by atoms with Crippen molar-refractivity contribution in [3.05, 3.63) is 11.5 Å². The highest BCUT2D eigenvalue weighted by atomic mass is 19.4. The summed E-state index contributed by atoms with van der Waals surface area (Å²) in [5, 5.41) is 0. The second kappa shape index (κ2) is 4.65. The fourth-order valence-corrected chi connectivity index (χ4v) is 1.27. The molecule has 0 amide bonds. The molecule has 0 aliphatic carbocycles. The molecule has 0 bridgehead atoms. The van der Waals surface area contributed by atoms with Crippen LogP contribution in [0.15, 0.2) is 16.4 Å². The molecule has 6 heteroatoms. The van der Waals surface area contributed by atoms with E-state index in [4.69, 9.17) is 5.73 Å². The standard InChI is InChI=1S/C9H13F3N2O/c1-6-2-7(3-13)4-14-8(6)15-5-9(10,11)12/h4,7H,2-3,5,13H2,1H3/t7-/m0/s1. The van der Waals surface area contributed by atoms with Crippen LogP contribution in [-0.4, -0.2) is 25.5 Å². The number of nitrogens with two attached hydrogens (primary N) is 1. The molecule has 3 nitrogen and oxygen atoms in total. The van der Waals surface area contributed by atoms with Gasteiger partial charge in [0.25, 0.3) is 0 Å². The molecule has 0 radical (unpaired) electrons. The van der Waals surface area contributed by atoms with E-state index in [1.165, 1.54) is 0 Å². The number of halogens is 3. The summed E-state index contributed by atoms with van der Waals surface area (Å²) >= 11 is 0. The van der Waals surface area contributed by atoms with Crippen molar-refractivity contribution in [1.29, 1.82) is 0 Å². The van der Waals surface area contributed by atoms with Gasteiger partial charge in [-0.2, -0.15) is 13.2 Å². The minimum Gasteiger partial charge on any atom is -0.468 e. The third-order valence-corrected chi connectivity index (χ3v) is 2.01. The summed E-state index contributed by atoms with van der Waals surface area (Å²) in [6.45, 7) is 0.836. The SMILES string of the molecule is CC1=C(OCC(F)(F)F)N=C[C@H](CN)C1. The van der Waals surface area contributed by atoms with E-state index >= 15 is 0 Å². The molecular formula is C9H13F3N2O. The Balaban J connectivity index is 2.53. The van der Waals surface area contributed by atoms with Crippen molar-refractivity contribution in [3.63, 3.8) is 0 Å². The zero-order valence-corrected chi connectivity index (χ0v) is 8.34. The van der Waals surface area contributed by atoms with Crippen molar-refractivity contribution in [2.75, 3.05) is 13.2 Å². The number of alkyl halides is 3. The Morgan fingerprint density at radius 2 is 2.27 bits per heavy atom. The van der Waals surface area contributed by atoms with E-state index in [0.29, 0.717) is 18.5 Å². The summed E-state index contributed by atoms with van der Waals surface area (Å²) in [5.41, 5.74) is 6.13. The number of nitrogens with zero attached hydrogens (tertiary/aromatic N) is 1. The van der Waals surface area contributed by atoms with E-state index in [-0.39, 0.29) is 11.8 Å². The van der Waals surface area contributed by atoms with Crippen LogP contribution in [-0.2, 0) is 4.74 Å². The molecule has 0 aromatic carbocycles. The maximum atomic E-state index is 11.9. The number of ether oxygens (including phenoxy) is 1. The zero-order chi connectivity index (χ0) is 11.5. The van der Waals surface area contributed by atoms with Gasteiger partial charge in [-0.3, -0.25) is 0 Å². The normalized spacial score (nSPS) is 22.1. The molecule has 0 saturated heterocycles. The summed E-state index contributed by atoms with van der Waals surface area (Å²) in [4.78, 5) is 3.82. The molecule has 86 valence electrons. The highest BCUT2D eigenvalue weighted by Crippen LogP contribution is 2.23. The predicted molar refractivity (Wildman–Crippen MR) is 50.4 cm³/mol. The molecule has 15 heavy (non-hydrogen) atoms. The van der Waals surface area contributed by atoms with Gasteiger partial charge in [0.15, 0.2) is 6.61 Å². The van der Waals surface area contributed by atoms with Gasteiger partial charge in [0.2, 0.25) is 5.88 Å². The minimum absolute atomic E-state index is 0.0667. The smallest absolute Gasteiger partial charge is 0.422 e. The van der Waals surface area contributed by atoms with Crippen LogP contribution in [0.4, 0.5) is 13.2 Å². The Hall–Kier alpha value is -1.04. The van der Waals surface area contributed by atoms with Gasteiger partial charge >= 0.3 is 6.18 Å². The van der Waals surface area contributed by atoms with Gasteiger partial charge in [0.1, 0.15) is 0 Å². The third-order valence-electron chi connectivity index (χ3n) is 2.01. The third kappa shape index (κ3) is 3.91. The van der Waals surface area contributed by atoms with Gasteiger partial charge < -0.3 is 10.5 Å². The van der Waals surface area contributed by atoms with Crippen LogP contribution in [0.1, 0.15) is 13.3 Å². The Morgan fingerprint density at radius 1 is 1.60 bits per heavy atom. The second-order valence-corrected chi connectivity index (χ2v) is 3.47. The molecule has 1 aliphatic heterocycles. The number of allylic oxidation sites excluding steroid dienone is 1. The molecule has 0 aromatic rings. The Kier molecular flexibility index (Phi) is 3.73. The van der Waals surface area contributed by atoms with E-state index in [1.54, 1.807) is 13.1 Å². The first-order valence-electron chi connectivity index (χ1n) is 4.56. The van der Waals surface area contributed by atoms with E-state index < -0.39 is 12.8 Å². The van der Waals surface area contributed by atoms with Gasteiger partial charge in [0.05, 0.1) is 0 Å². The van der Waals surface area contributed by atoms with Crippen LogP contribution < -0.4 is 5.73 Å². The molecule has 0 unspecified atom stereocenters. The largest absolute Gasteiger partial charge is 0.468 e. The second-order valence-electron chi connectivity index (χ2n) is 3.47. The lowest BCUT2D eigenvalue weighted by Gasteiger charge is -2.18. The van der Waals surface area contributed by atoms with Crippen LogP contribution in [0, 0.1) is 5.92 Å². The van der Waals surface area contributed by atoms with E-state index in [9.17, 15) is 13.2 Å². The maximum absolute atomic E-state index is 11.9. The number of hydrogen-bond donors (Lipinski definition) is 1. The van der Waals surface area contributed by atoms with Crippen molar-refractivity contribution in [3.8, 4) is 0 Å². The van der Waals surface area contributed by atoms with Crippen LogP contribution in [0.25, 0.3) is 0 Å². The van der Waals surface area contributed by atoms with Crippen LogP contribution in [0.2, 0.25) is 0 Å². The summed E-state index contributed by atoms with van der Waals surface area (Å²) in [6, 6.07) is 0. The Bertz CT molecular complexity index is 284. The molecular weight excluding hydrogens is 209 g/mol. The highest BCUT2D eigenvalue weighted by Gasteiger charge is 2.29. The molecule has 1 aliphatic rings. The first-order chi connectivity index (χ1) is 6.92. The fourth-order valence-electron chi connectivity index (χ4n) is 1.27. The molecule has 0 aromatic heterocycles. The molecule has 1 atom stereocenters. The molecule has 2 N–H and O–H groups in total. The van der Waals surface area contributed by atoms with Gasteiger partial charge in [-0.15, -0.1) is 0 Å². The van der Waals surface area contributed by atoms with E-state index in [1.807, 2.05) is 0 Å². The monoisotopic (exact) mass is 222 g/mol. The van der Waals surface area contributed by atoms with E-state index in [2.05, 4.69) is 9.73 Å². The summed E-state index contributed by atoms with van der Waals surface area (Å²) in [6.07, 6.45) is -2.18. The Morgan fingerprint density at radius 3 is 2.73 bits per heavy atom. The summed E-state index contributed by atoms with van der Waals surface area (Å²) < 4.78 is 40.2. The van der Waals surface area contributed by atoms with Gasteiger partial charge in [0, 0.05) is 18.7 Å². The highest BCUT2D eigenvalue weighted by molar-refractivity contribution is 5.64. The van der Waals surface area contributed by atoms with Crippen molar-refractivity contribution >= 4 is 6.21 Å². The molecule has 0 saturated carbocycles. The van der Waals surface area contributed by atoms with Gasteiger partial charge in [-0.25, -0.2) is 4.99 Å². The van der Waals surface area contributed by atoms with Crippen molar-refractivity contribution < 1.29 is 17.9 Å². The number of rotatable bonds is 3. The minimum atomic E-state index is -4.33. The molecule has 0 fully saturated rings. The van der Waals surface area contributed by atoms with Crippen LogP contribution >= 0.6 is 0 Å². The first-order valence-corrected chi connectivity index (χ1v) is 4.56.